The van der Waals surface area contributed by atoms with E-state index in [4.69, 9.17) is 4.74 Å². The number of phenolic OH excluding ortho intramolecular Hbond substituents is 1. The number of aromatic nitrogens is 1. The first kappa shape index (κ1) is 16.9. The van der Waals surface area contributed by atoms with Crippen LogP contribution in [0, 0.1) is 10.1 Å². The summed E-state index contributed by atoms with van der Waals surface area (Å²) in [6.45, 7) is 1.90. The maximum absolute atomic E-state index is 11.8. The fourth-order valence-electron chi connectivity index (χ4n) is 1.81. The summed E-state index contributed by atoms with van der Waals surface area (Å²) in [5, 5.41) is 24.5. The molecule has 0 aliphatic rings. The molecule has 9 heteroatoms. The predicted molar refractivity (Wildman–Crippen MR) is 85.2 cm³/mol. The molecule has 0 radical (unpaired) electrons. The topological polar surface area (TPSA) is 127 Å². The summed E-state index contributed by atoms with van der Waals surface area (Å²) >= 11 is 0. The Hall–Kier alpha value is -3.49. The predicted octanol–water partition coefficient (Wildman–Crippen LogP) is 1.86. The SMILES string of the molecule is CCOc1cc(/C=N/NC(=O)c2ccccn2)cc([N+](=O)[O-])c1O. The zero-order valence-corrected chi connectivity index (χ0v) is 12.7. The molecule has 0 bridgehead atoms. The van der Waals surface area contributed by atoms with Gasteiger partial charge in [-0.2, -0.15) is 5.10 Å². The third kappa shape index (κ3) is 4.03. The molecule has 0 fully saturated rings. The highest BCUT2D eigenvalue weighted by molar-refractivity contribution is 5.93. The van der Waals surface area contributed by atoms with E-state index in [1.165, 1.54) is 24.5 Å². The van der Waals surface area contributed by atoms with Crippen LogP contribution in [0.15, 0.2) is 41.6 Å². The highest BCUT2D eigenvalue weighted by atomic mass is 16.6. The van der Waals surface area contributed by atoms with Crippen molar-refractivity contribution in [2.45, 2.75) is 6.92 Å². The Morgan fingerprint density at radius 3 is 2.92 bits per heavy atom. The average Bonchev–Trinajstić information content (AvgIpc) is 2.58. The van der Waals surface area contributed by atoms with Gasteiger partial charge in [-0.3, -0.25) is 19.9 Å². The lowest BCUT2D eigenvalue weighted by Crippen LogP contribution is -2.18. The van der Waals surface area contributed by atoms with Crippen molar-refractivity contribution in [3.05, 3.63) is 57.9 Å². The van der Waals surface area contributed by atoms with Gasteiger partial charge in [0.05, 0.1) is 17.7 Å². The van der Waals surface area contributed by atoms with Crippen molar-refractivity contribution in [3.8, 4) is 11.5 Å². The molecule has 0 unspecified atom stereocenters. The maximum Gasteiger partial charge on any atom is 0.315 e. The molecule has 0 spiro atoms. The number of benzene rings is 1. The smallest absolute Gasteiger partial charge is 0.315 e. The number of nitrogens with one attached hydrogen (secondary N) is 1. The molecule has 2 rings (SSSR count). The summed E-state index contributed by atoms with van der Waals surface area (Å²) in [5.74, 6) is -1.12. The number of phenols is 1. The van der Waals surface area contributed by atoms with Gasteiger partial charge in [-0.1, -0.05) is 6.07 Å². The Bertz CT molecular complexity index is 777. The summed E-state index contributed by atoms with van der Waals surface area (Å²) in [4.78, 5) is 25.9. The molecule has 0 atom stereocenters. The van der Waals surface area contributed by atoms with Crippen molar-refractivity contribution < 1.29 is 19.6 Å². The number of nitrogens with zero attached hydrogens (tertiary/aromatic N) is 3. The fraction of sp³-hybridized carbons (Fsp3) is 0.133. The van der Waals surface area contributed by atoms with E-state index < -0.39 is 22.3 Å². The first-order chi connectivity index (χ1) is 11.5. The first-order valence-corrected chi connectivity index (χ1v) is 6.91. The van der Waals surface area contributed by atoms with Gasteiger partial charge in [0.1, 0.15) is 5.69 Å². The molecule has 124 valence electrons. The number of aromatic hydroxyl groups is 1. The average molecular weight is 330 g/mol. The summed E-state index contributed by atoms with van der Waals surface area (Å²) < 4.78 is 5.15. The van der Waals surface area contributed by atoms with Gasteiger partial charge in [-0.15, -0.1) is 0 Å². The molecule has 0 saturated heterocycles. The summed E-state index contributed by atoms with van der Waals surface area (Å²) in [5.41, 5.74) is 2.21. The van der Waals surface area contributed by atoms with Crippen LogP contribution in [0.5, 0.6) is 11.5 Å². The standard InChI is InChI=1S/C15H14N4O5/c1-2-24-13-8-10(7-12(14(13)20)19(22)23)9-17-18-15(21)11-5-3-4-6-16-11/h3-9,20H,2H2,1H3,(H,18,21)/b17-9+. The number of ether oxygens (including phenoxy) is 1. The molecule has 2 aromatic rings. The van der Waals surface area contributed by atoms with Crippen LogP contribution in [0.1, 0.15) is 23.0 Å². The zero-order valence-electron chi connectivity index (χ0n) is 12.7. The van der Waals surface area contributed by atoms with Gasteiger partial charge in [0.2, 0.25) is 5.75 Å². The van der Waals surface area contributed by atoms with E-state index in [9.17, 15) is 20.0 Å². The van der Waals surface area contributed by atoms with Crippen LogP contribution in [0.3, 0.4) is 0 Å². The Morgan fingerprint density at radius 1 is 1.50 bits per heavy atom. The number of pyridine rings is 1. The number of nitro groups is 1. The van der Waals surface area contributed by atoms with E-state index in [1.54, 1.807) is 19.1 Å². The Balaban J connectivity index is 2.19. The third-order valence-corrected chi connectivity index (χ3v) is 2.85. The van der Waals surface area contributed by atoms with Gasteiger partial charge < -0.3 is 9.84 Å². The lowest BCUT2D eigenvalue weighted by molar-refractivity contribution is -0.386. The normalized spacial score (nSPS) is 10.5. The number of rotatable bonds is 6. The van der Waals surface area contributed by atoms with Crippen LogP contribution in [-0.2, 0) is 0 Å². The van der Waals surface area contributed by atoms with Gasteiger partial charge in [0.15, 0.2) is 5.75 Å². The van der Waals surface area contributed by atoms with Crippen molar-refractivity contribution in [2.75, 3.05) is 6.61 Å². The Morgan fingerprint density at radius 2 is 2.29 bits per heavy atom. The van der Waals surface area contributed by atoms with E-state index in [-0.39, 0.29) is 23.6 Å². The van der Waals surface area contributed by atoms with Gasteiger partial charge in [0, 0.05) is 17.8 Å². The van der Waals surface area contributed by atoms with Crippen molar-refractivity contribution in [1.29, 1.82) is 0 Å². The molecule has 9 nitrogen and oxygen atoms in total. The second kappa shape index (κ2) is 7.68. The van der Waals surface area contributed by atoms with Crippen LogP contribution in [0.25, 0.3) is 0 Å². The number of hydrogen-bond donors (Lipinski definition) is 2. The number of amides is 1. The number of carbonyl (C=O) groups is 1. The highest BCUT2D eigenvalue weighted by Gasteiger charge is 2.19. The van der Waals surface area contributed by atoms with Crippen LogP contribution >= 0.6 is 0 Å². The molecule has 2 N–H and O–H groups in total. The lowest BCUT2D eigenvalue weighted by atomic mass is 10.2. The van der Waals surface area contributed by atoms with Crippen LogP contribution in [-0.4, -0.2) is 33.7 Å². The second-order valence-electron chi connectivity index (χ2n) is 4.49. The molecule has 1 aromatic heterocycles. The van der Waals surface area contributed by atoms with E-state index in [2.05, 4.69) is 15.5 Å². The van der Waals surface area contributed by atoms with Gasteiger partial charge >= 0.3 is 5.69 Å². The van der Waals surface area contributed by atoms with Crippen LogP contribution < -0.4 is 10.2 Å². The number of hydrazone groups is 1. The monoisotopic (exact) mass is 330 g/mol. The van der Waals surface area contributed by atoms with Crippen LogP contribution in [0.4, 0.5) is 5.69 Å². The summed E-state index contributed by atoms with van der Waals surface area (Å²) in [6, 6.07) is 7.34. The van der Waals surface area contributed by atoms with Crippen LogP contribution in [0.2, 0.25) is 0 Å². The number of nitro benzene ring substituents is 1. The molecule has 1 heterocycles. The molecular weight excluding hydrogens is 316 g/mol. The molecule has 24 heavy (non-hydrogen) atoms. The summed E-state index contributed by atoms with van der Waals surface area (Å²) in [7, 11) is 0. The molecular formula is C15H14N4O5. The minimum Gasteiger partial charge on any atom is -0.500 e. The van der Waals surface area contributed by atoms with Crippen molar-refractivity contribution >= 4 is 17.8 Å². The highest BCUT2D eigenvalue weighted by Crippen LogP contribution is 2.36. The van der Waals surface area contributed by atoms with Gasteiger partial charge in [-0.25, -0.2) is 5.43 Å². The quantitative estimate of drug-likeness (QED) is 0.473. The minimum atomic E-state index is -0.734. The largest absolute Gasteiger partial charge is 0.500 e. The van der Waals surface area contributed by atoms with Crippen molar-refractivity contribution in [2.24, 2.45) is 5.10 Å². The molecule has 1 amide bonds. The number of hydrogen-bond acceptors (Lipinski definition) is 7. The van der Waals surface area contributed by atoms with Crippen molar-refractivity contribution in [3.63, 3.8) is 0 Å². The van der Waals surface area contributed by atoms with Gasteiger partial charge in [-0.05, 0) is 25.1 Å². The summed E-state index contributed by atoms with van der Waals surface area (Å²) in [6.07, 6.45) is 2.67. The Labute approximate surface area is 136 Å². The maximum atomic E-state index is 11.8. The van der Waals surface area contributed by atoms with E-state index >= 15 is 0 Å². The van der Waals surface area contributed by atoms with Gasteiger partial charge in [0.25, 0.3) is 5.91 Å². The molecule has 0 aliphatic heterocycles. The minimum absolute atomic E-state index is 0.0378. The fourth-order valence-corrected chi connectivity index (χ4v) is 1.81. The second-order valence-corrected chi connectivity index (χ2v) is 4.49. The number of carbonyl (C=O) groups excluding carboxylic acids is 1. The van der Waals surface area contributed by atoms with E-state index in [0.29, 0.717) is 0 Å². The molecule has 0 saturated carbocycles. The molecule has 1 aromatic carbocycles. The van der Waals surface area contributed by atoms with E-state index in [1.807, 2.05) is 0 Å². The zero-order chi connectivity index (χ0) is 17.5. The van der Waals surface area contributed by atoms with E-state index in [0.717, 1.165) is 6.07 Å². The third-order valence-electron chi connectivity index (χ3n) is 2.85. The molecule has 0 aliphatic carbocycles. The first-order valence-electron chi connectivity index (χ1n) is 6.91. The lowest BCUT2D eigenvalue weighted by Gasteiger charge is -2.07. The Kier molecular flexibility index (Phi) is 5.40. The van der Waals surface area contributed by atoms with Crippen molar-refractivity contribution in [1.82, 2.24) is 10.4 Å².